The molecule has 1 aliphatic heterocycles. The van der Waals surface area contributed by atoms with Gasteiger partial charge in [0.05, 0.1) is 0 Å². The quantitative estimate of drug-likeness (QED) is 0.327. The average molecular weight is 534 g/mol. The van der Waals surface area contributed by atoms with Crippen molar-refractivity contribution in [1.82, 2.24) is 15.5 Å². The van der Waals surface area contributed by atoms with Gasteiger partial charge in [-0.3, -0.25) is 9.89 Å². The van der Waals surface area contributed by atoms with Crippen LogP contribution >= 0.6 is 35.3 Å². The van der Waals surface area contributed by atoms with Crippen molar-refractivity contribution in [3.05, 3.63) is 57.8 Å². The van der Waals surface area contributed by atoms with E-state index in [2.05, 4.69) is 45.1 Å². The minimum Gasteiger partial charge on any atom is -0.356 e. The number of hydrogen-bond acceptors (Lipinski definition) is 3. The van der Waals surface area contributed by atoms with Crippen molar-refractivity contribution in [2.24, 2.45) is 10.9 Å². The summed E-state index contributed by atoms with van der Waals surface area (Å²) in [5.41, 5.74) is 0.496. The van der Waals surface area contributed by atoms with Crippen molar-refractivity contribution < 1.29 is 8.78 Å². The number of aliphatic imine (C=N–C) groups is 1. The van der Waals surface area contributed by atoms with Crippen LogP contribution in [0.2, 0.25) is 0 Å². The summed E-state index contributed by atoms with van der Waals surface area (Å²) in [5, 5.41) is 8.79. The van der Waals surface area contributed by atoms with Gasteiger partial charge in [0.1, 0.15) is 11.6 Å². The van der Waals surface area contributed by atoms with Gasteiger partial charge in [-0.2, -0.15) is 0 Å². The molecule has 0 bridgehead atoms. The van der Waals surface area contributed by atoms with Crippen LogP contribution in [-0.2, 0) is 6.42 Å². The zero-order chi connectivity index (χ0) is 19.9. The zero-order valence-corrected chi connectivity index (χ0v) is 20.0. The molecule has 29 heavy (non-hydrogen) atoms. The van der Waals surface area contributed by atoms with E-state index in [-0.39, 0.29) is 24.0 Å². The average Bonchev–Trinajstić information content (AvgIpc) is 3.20. The number of benzene rings is 1. The van der Waals surface area contributed by atoms with E-state index in [1.54, 1.807) is 7.05 Å². The fourth-order valence-electron chi connectivity index (χ4n) is 3.87. The zero-order valence-electron chi connectivity index (χ0n) is 16.8. The standard InChI is InChI=1S/C21H28F2N4S.HI/c1-24-21(25-10-9-15-7-8-17(22)13-18(15)23)26-14-16-5-3-11-27(2)20(16)19-6-4-12-28-19;/h4,6-8,12-13,16,20H,3,5,9-11,14H2,1-2H3,(H2,24,25,26);1H. The molecule has 2 N–H and O–H groups in total. The van der Waals surface area contributed by atoms with Crippen molar-refractivity contribution in [2.45, 2.75) is 25.3 Å². The molecule has 2 unspecified atom stereocenters. The topological polar surface area (TPSA) is 39.7 Å². The Balaban J connectivity index is 0.00000300. The van der Waals surface area contributed by atoms with Gasteiger partial charge in [-0.15, -0.1) is 35.3 Å². The number of halogens is 3. The highest BCUT2D eigenvalue weighted by molar-refractivity contribution is 14.0. The second-order valence-electron chi connectivity index (χ2n) is 7.21. The summed E-state index contributed by atoms with van der Waals surface area (Å²) in [6.45, 7) is 2.48. The highest BCUT2D eigenvalue weighted by Crippen LogP contribution is 2.36. The number of nitrogens with zero attached hydrogens (tertiary/aromatic N) is 2. The predicted molar refractivity (Wildman–Crippen MR) is 127 cm³/mol. The molecule has 0 saturated carbocycles. The molecule has 0 radical (unpaired) electrons. The van der Waals surface area contributed by atoms with Gasteiger partial charge < -0.3 is 10.6 Å². The molecule has 1 aromatic carbocycles. The van der Waals surface area contributed by atoms with Crippen LogP contribution < -0.4 is 10.6 Å². The van der Waals surface area contributed by atoms with Crippen LogP contribution in [0.4, 0.5) is 8.78 Å². The third-order valence-electron chi connectivity index (χ3n) is 5.30. The molecule has 0 amide bonds. The smallest absolute Gasteiger partial charge is 0.190 e. The van der Waals surface area contributed by atoms with Crippen LogP contribution in [0.25, 0.3) is 0 Å². The Hall–Kier alpha value is -1.26. The number of piperidine rings is 1. The second-order valence-corrected chi connectivity index (χ2v) is 8.19. The maximum Gasteiger partial charge on any atom is 0.190 e. The molecular formula is C21H29F2IN4S. The number of nitrogens with one attached hydrogen (secondary N) is 2. The maximum absolute atomic E-state index is 13.7. The molecule has 160 valence electrons. The van der Waals surface area contributed by atoms with E-state index in [9.17, 15) is 8.78 Å². The van der Waals surface area contributed by atoms with E-state index in [0.717, 1.165) is 19.2 Å². The summed E-state index contributed by atoms with van der Waals surface area (Å²) < 4.78 is 26.7. The van der Waals surface area contributed by atoms with Gasteiger partial charge in [0.15, 0.2) is 5.96 Å². The molecule has 1 aromatic heterocycles. The Bertz CT molecular complexity index is 785. The Labute approximate surface area is 192 Å². The van der Waals surface area contributed by atoms with Crippen LogP contribution in [0.1, 0.15) is 29.3 Å². The lowest BCUT2D eigenvalue weighted by Crippen LogP contribution is -2.45. The van der Waals surface area contributed by atoms with Crippen molar-refractivity contribution in [3.8, 4) is 0 Å². The van der Waals surface area contributed by atoms with Crippen molar-refractivity contribution in [1.29, 1.82) is 0 Å². The largest absolute Gasteiger partial charge is 0.356 e. The number of hydrogen-bond donors (Lipinski definition) is 2. The summed E-state index contributed by atoms with van der Waals surface area (Å²) in [4.78, 5) is 8.12. The fourth-order valence-corrected chi connectivity index (χ4v) is 4.85. The molecule has 1 aliphatic rings. The lowest BCUT2D eigenvalue weighted by atomic mass is 9.88. The third kappa shape index (κ3) is 6.62. The first-order valence-corrected chi connectivity index (χ1v) is 10.6. The highest BCUT2D eigenvalue weighted by atomic mass is 127. The number of likely N-dealkylation sites (tertiary alicyclic amines) is 1. The van der Waals surface area contributed by atoms with E-state index in [1.807, 2.05) is 11.3 Å². The molecule has 2 atom stereocenters. The van der Waals surface area contributed by atoms with Crippen LogP contribution in [0, 0.1) is 17.6 Å². The molecule has 4 nitrogen and oxygen atoms in total. The molecule has 2 aromatic rings. The summed E-state index contributed by atoms with van der Waals surface area (Å²) in [7, 11) is 3.93. The van der Waals surface area contributed by atoms with Gasteiger partial charge in [0, 0.05) is 37.1 Å². The lowest BCUT2D eigenvalue weighted by molar-refractivity contribution is 0.125. The van der Waals surface area contributed by atoms with E-state index < -0.39 is 11.6 Å². The Morgan fingerprint density at radius 1 is 1.28 bits per heavy atom. The molecule has 1 saturated heterocycles. The fraction of sp³-hybridized carbons (Fsp3) is 0.476. The van der Waals surface area contributed by atoms with E-state index in [1.165, 1.54) is 29.9 Å². The van der Waals surface area contributed by atoms with E-state index in [0.29, 0.717) is 36.4 Å². The van der Waals surface area contributed by atoms with Crippen molar-refractivity contribution in [2.75, 3.05) is 33.7 Å². The minimum atomic E-state index is -0.551. The Kier molecular flexibility index (Phi) is 9.78. The van der Waals surface area contributed by atoms with Crippen molar-refractivity contribution in [3.63, 3.8) is 0 Å². The first kappa shape index (κ1) is 24.0. The van der Waals surface area contributed by atoms with Gasteiger partial charge >= 0.3 is 0 Å². The van der Waals surface area contributed by atoms with Gasteiger partial charge in [-0.25, -0.2) is 8.78 Å². The summed E-state index contributed by atoms with van der Waals surface area (Å²) in [6.07, 6.45) is 2.84. The molecule has 0 aliphatic carbocycles. The lowest BCUT2D eigenvalue weighted by Gasteiger charge is -2.39. The molecule has 8 heteroatoms. The maximum atomic E-state index is 13.7. The molecule has 0 spiro atoms. The molecule has 3 rings (SSSR count). The number of rotatable bonds is 6. The first-order chi connectivity index (χ1) is 13.6. The van der Waals surface area contributed by atoms with Crippen molar-refractivity contribution >= 4 is 41.3 Å². The SMILES string of the molecule is CN=C(NCCc1ccc(F)cc1F)NCC1CCCN(C)C1c1cccs1.I. The second kappa shape index (κ2) is 11.8. The monoisotopic (exact) mass is 534 g/mol. The van der Waals surface area contributed by atoms with Gasteiger partial charge in [0.2, 0.25) is 0 Å². The third-order valence-corrected chi connectivity index (χ3v) is 6.24. The van der Waals surface area contributed by atoms with Crippen LogP contribution in [0.15, 0.2) is 40.7 Å². The van der Waals surface area contributed by atoms with Crippen LogP contribution in [0.5, 0.6) is 0 Å². The number of guanidine groups is 1. The van der Waals surface area contributed by atoms with E-state index >= 15 is 0 Å². The molecular weight excluding hydrogens is 505 g/mol. The summed E-state index contributed by atoms with van der Waals surface area (Å²) in [5.74, 6) is 0.157. The number of thiophene rings is 1. The highest BCUT2D eigenvalue weighted by Gasteiger charge is 2.31. The Morgan fingerprint density at radius 2 is 2.10 bits per heavy atom. The van der Waals surface area contributed by atoms with E-state index in [4.69, 9.17) is 0 Å². The summed E-state index contributed by atoms with van der Waals surface area (Å²) in [6, 6.07) is 8.46. The predicted octanol–water partition coefficient (Wildman–Crippen LogP) is 4.43. The van der Waals surface area contributed by atoms with Gasteiger partial charge in [0.25, 0.3) is 0 Å². The van der Waals surface area contributed by atoms with Crippen LogP contribution in [0.3, 0.4) is 0 Å². The van der Waals surface area contributed by atoms with Crippen LogP contribution in [-0.4, -0.2) is 44.6 Å². The Morgan fingerprint density at radius 3 is 2.79 bits per heavy atom. The summed E-state index contributed by atoms with van der Waals surface area (Å²) >= 11 is 1.81. The molecule has 2 heterocycles. The molecule has 1 fully saturated rings. The van der Waals surface area contributed by atoms with Gasteiger partial charge in [-0.1, -0.05) is 12.1 Å². The minimum absolute atomic E-state index is 0. The first-order valence-electron chi connectivity index (χ1n) is 9.70. The van der Waals surface area contributed by atoms with Gasteiger partial charge in [-0.05, 0) is 61.8 Å². The normalized spacial score (nSPS) is 20.2.